The molecule has 0 amide bonds. The van der Waals surface area contributed by atoms with Crippen LogP contribution in [0.1, 0.15) is 31.4 Å². The van der Waals surface area contributed by atoms with Crippen LogP contribution in [0.15, 0.2) is 24.3 Å². The zero-order valence-corrected chi connectivity index (χ0v) is 11.4. The molecule has 1 aromatic carbocycles. The normalized spacial score (nSPS) is 19.9. The number of phenols is 1. The SMILES string of the molecule is CNCC1CCN(C(C)c2ccccc2O)CC1. The van der Waals surface area contributed by atoms with Gasteiger partial charge in [-0.25, -0.2) is 0 Å². The monoisotopic (exact) mass is 248 g/mol. The molecule has 1 saturated heterocycles. The van der Waals surface area contributed by atoms with Gasteiger partial charge < -0.3 is 10.4 Å². The number of nitrogens with zero attached hydrogens (tertiary/aromatic N) is 1. The third-order valence-electron chi connectivity index (χ3n) is 4.08. The van der Waals surface area contributed by atoms with Gasteiger partial charge in [-0.3, -0.25) is 4.90 Å². The number of hydrogen-bond donors (Lipinski definition) is 2. The Morgan fingerprint density at radius 3 is 2.61 bits per heavy atom. The van der Waals surface area contributed by atoms with E-state index in [4.69, 9.17) is 0 Å². The molecule has 0 saturated carbocycles. The van der Waals surface area contributed by atoms with Crippen molar-refractivity contribution >= 4 is 0 Å². The van der Waals surface area contributed by atoms with Crippen molar-refractivity contribution in [2.75, 3.05) is 26.7 Å². The molecule has 18 heavy (non-hydrogen) atoms. The van der Waals surface area contributed by atoms with Crippen LogP contribution in [0.25, 0.3) is 0 Å². The summed E-state index contributed by atoms with van der Waals surface area (Å²) in [4.78, 5) is 2.47. The lowest BCUT2D eigenvalue weighted by Crippen LogP contribution is -2.38. The maximum atomic E-state index is 9.91. The molecule has 1 aliphatic rings. The van der Waals surface area contributed by atoms with Gasteiger partial charge >= 0.3 is 0 Å². The Hall–Kier alpha value is -1.06. The fourth-order valence-electron chi connectivity index (χ4n) is 2.87. The van der Waals surface area contributed by atoms with E-state index in [2.05, 4.69) is 17.1 Å². The number of hydrogen-bond acceptors (Lipinski definition) is 3. The molecule has 1 unspecified atom stereocenters. The highest BCUT2D eigenvalue weighted by atomic mass is 16.3. The van der Waals surface area contributed by atoms with Crippen molar-refractivity contribution < 1.29 is 5.11 Å². The average Bonchev–Trinajstić information content (AvgIpc) is 2.40. The predicted octanol–water partition coefficient (Wildman–Crippen LogP) is 2.38. The number of phenolic OH excluding ortho intramolecular Hbond substituents is 1. The van der Waals surface area contributed by atoms with E-state index in [9.17, 15) is 5.11 Å². The zero-order chi connectivity index (χ0) is 13.0. The van der Waals surface area contributed by atoms with Crippen molar-refractivity contribution in [3.8, 4) is 5.75 Å². The molecule has 2 N–H and O–H groups in total. The Labute approximate surface area is 110 Å². The molecule has 3 heteroatoms. The molecule has 2 rings (SSSR count). The van der Waals surface area contributed by atoms with Gasteiger partial charge in [0.05, 0.1) is 0 Å². The molecule has 1 aliphatic heterocycles. The quantitative estimate of drug-likeness (QED) is 0.859. The molecule has 1 aromatic rings. The van der Waals surface area contributed by atoms with Gasteiger partial charge in [-0.1, -0.05) is 18.2 Å². The number of likely N-dealkylation sites (tertiary alicyclic amines) is 1. The van der Waals surface area contributed by atoms with Gasteiger partial charge in [-0.15, -0.1) is 0 Å². The summed E-state index contributed by atoms with van der Waals surface area (Å²) >= 11 is 0. The molecule has 100 valence electrons. The molecular formula is C15H24N2O. The van der Waals surface area contributed by atoms with Crippen LogP contribution in [0.5, 0.6) is 5.75 Å². The summed E-state index contributed by atoms with van der Waals surface area (Å²) in [7, 11) is 2.02. The molecule has 3 nitrogen and oxygen atoms in total. The van der Waals surface area contributed by atoms with Crippen LogP contribution in [0.2, 0.25) is 0 Å². The Balaban J connectivity index is 1.95. The second-order valence-electron chi connectivity index (χ2n) is 5.27. The highest BCUT2D eigenvalue weighted by molar-refractivity contribution is 5.34. The van der Waals surface area contributed by atoms with Crippen LogP contribution in [-0.2, 0) is 0 Å². The summed E-state index contributed by atoms with van der Waals surface area (Å²) in [5, 5.41) is 13.2. The smallest absolute Gasteiger partial charge is 0.120 e. The lowest BCUT2D eigenvalue weighted by molar-refractivity contribution is 0.139. The van der Waals surface area contributed by atoms with Gasteiger partial charge in [0.1, 0.15) is 5.75 Å². The Bertz CT molecular complexity index is 373. The first-order valence-corrected chi connectivity index (χ1v) is 6.89. The number of rotatable bonds is 4. The minimum Gasteiger partial charge on any atom is -0.508 e. The van der Waals surface area contributed by atoms with Crippen molar-refractivity contribution in [3.63, 3.8) is 0 Å². The maximum Gasteiger partial charge on any atom is 0.120 e. The van der Waals surface area contributed by atoms with Gasteiger partial charge in [-0.05, 0) is 58.4 Å². The highest BCUT2D eigenvalue weighted by Crippen LogP contribution is 2.30. The number of para-hydroxylation sites is 1. The molecule has 1 heterocycles. The Morgan fingerprint density at radius 1 is 1.33 bits per heavy atom. The van der Waals surface area contributed by atoms with E-state index in [-0.39, 0.29) is 0 Å². The molecule has 1 atom stereocenters. The lowest BCUT2D eigenvalue weighted by Gasteiger charge is -2.36. The minimum atomic E-state index is 0.307. The topological polar surface area (TPSA) is 35.5 Å². The molecule has 0 aliphatic carbocycles. The summed E-state index contributed by atoms with van der Waals surface area (Å²) in [6, 6.07) is 7.99. The van der Waals surface area contributed by atoms with Crippen LogP contribution >= 0.6 is 0 Å². The van der Waals surface area contributed by atoms with Crippen molar-refractivity contribution in [1.29, 1.82) is 0 Å². The largest absolute Gasteiger partial charge is 0.508 e. The second kappa shape index (κ2) is 6.21. The van der Waals surface area contributed by atoms with Crippen molar-refractivity contribution in [2.24, 2.45) is 5.92 Å². The first-order chi connectivity index (χ1) is 8.72. The van der Waals surface area contributed by atoms with Crippen molar-refractivity contribution in [3.05, 3.63) is 29.8 Å². The predicted molar refractivity (Wildman–Crippen MR) is 74.7 cm³/mol. The van der Waals surface area contributed by atoms with E-state index in [0.717, 1.165) is 31.1 Å². The Morgan fingerprint density at radius 2 is 2.00 bits per heavy atom. The van der Waals surface area contributed by atoms with Crippen LogP contribution in [0, 0.1) is 5.92 Å². The molecule has 0 radical (unpaired) electrons. The summed E-state index contributed by atoms with van der Waals surface area (Å²) < 4.78 is 0. The molecule has 0 aromatic heterocycles. The molecule has 1 fully saturated rings. The molecular weight excluding hydrogens is 224 g/mol. The van der Waals surface area contributed by atoms with E-state index in [1.54, 1.807) is 6.07 Å². The average molecular weight is 248 g/mol. The van der Waals surface area contributed by atoms with Crippen LogP contribution in [0.3, 0.4) is 0 Å². The summed E-state index contributed by atoms with van der Waals surface area (Å²) in [5.74, 6) is 1.23. The van der Waals surface area contributed by atoms with Crippen molar-refractivity contribution in [1.82, 2.24) is 10.2 Å². The third-order valence-corrected chi connectivity index (χ3v) is 4.08. The Kier molecular flexibility index (Phi) is 4.61. The zero-order valence-electron chi connectivity index (χ0n) is 11.4. The van der Waals surface area contributed by atoms with Gasteiger partial charge in [-0.2, -0.15) is 0 Å². The fraction of sp³-hybridized carbons (Fsp3) is 0.600. The maximum absolute atomic E-state index is 9.91. The summed E-state index contributed by atoms with van der Waals surface area (Å²) in [6.45, 7) is 5.57. The van der Waals surface area contributed by atoms with E-state index >= 15 is 0 Å². The van der Waals surface area contributed by atoms with E-state index in [1.165, 1.54) is 12.8 Å². The lowest BCUT2D eigenvalue weighted by atomic mass is 9.94. The summed E-state index contributed by atoms with van der Waals surface area (Å²) in [6.07, 6.45) is 2.50. The van der Waals surface area contributed by atoms with Crippen LogP contribution < -0.4 is 5.32 Å². The highest BCUT2D eigenvalue weighted by Gasteiger charge is 2.24. The summed E-state index contributed by atoms with van der Waals surface area (Å²) in [5.41, 5.74) is 1.05. The fourth-order valence-corrected chi connectivity index (χ4v) is 2.87. The molecule has 0 bridgehead atoms. The van der Waals surface area contributed by atoms with Crippen LogP contribution in [-0.4, -0.2) is 36.7 Å². The van der Waals surface area contributed by atoms with Gasteiger partial charge in [0.15, 0.2) is 0 Å². The number of benzene rings is 1. The van der Waals surface area contributed by atoms with Gasteiger partial charge in [0.25, 0.3) is 0 Å². The standard InChI is InChI=1S/C15H24N2O/c1-12(14-5-3-4-6-15(14)18)17-9-7-13(8-10-17)11-16-2/h3-6,12-13,16,18H,7-11H2,1-2H3. The van der Waals surface area contributed by atoms with Crippen molar-refractivity contribution in [2.45, 2.75) is 25.8 Å². The van der Waals surface area contributed by atoms with E-state index in [1.807, 2.05) is 25.2 Å². The molecule has 0 spiro atoms. The van der Waals surface area contributed by atoms with Crippen LogP contribution in [0.4, 0.5) is 0 Å². The second-order valence-corrected chi connectivity index (χ2v) is 5.27. The van der Waals surface area contributed by atoms with E-state index in [0.29, 0.717) is 11.8 Å². The third kappa shape index (κ3) is 3.03. The number of nitrogens with one attached hydrogen (secondary N) is 1. The first-order valence-electron chi connectivity index (χ1n) is 6.89. The number of piperidine rings is 1. The van der Waals surface area contributed by atoms with E-state index < -0.39 is 0 Å². The first kappa shape index (κ1) is 13.4. The van der Waals surface area contributed by atoms with Gasteiger partial charge in [0, 0.05) is 11.6 Å². The number of aromatic hydroxyl groups is 1. The van der Waals surface area contributed by atoms with Gasteiger partial charge in [0.2, 0.25) is 0 Å². The minimum absolute atomic E-state index is 0.307.